The zero-order valence-corrected chi connectivity index (χ0v) is 19.8. The summed E-state index contributed by atoms with van der Waals surface area (Å²) in [5, 5.41) is 0. The first-order chi connectivity index (χ1) is 15.1. The van der Waals surface area contributed by atoms with Gasteiger partial charge in [0.15, 0.2) is 11.5 Å². The van der Waals surface area contributed by atoms with Crippen LogP contribution in [0.3, 0.4) is 0 Å². The van der Waals surface area contributed by atoms with Gasteiger partial charge >= 0.3 is 15.5 Å². The Labute approximate surface area is 188 Å². The molecule has 0 amide bonds. The number of hydrogen-bond donors (Lipinski definition) is 0. The molecule has 0 spiro atoms. The molecule has 0 bridgehead atoms. The number of hydrogen-bond acceptors (Lipinski definition) is 5. The molecule has 1 fully saturated rings. The summed E-state index contributed by atoms with van der Waals surface area (Å²) in [5.41, 5.74) is -2.72. The number of benzene rings is 1. The first kappa shape index (κ1) is 25.1. The maximum atomic E-state index is 12.8. The molecule has 3 rings (SSSR count). The van der Waals surface area contributed by atoms with Crippen LogP contribution in [0.15, 0.2) is 12.1 Å². The number of piperidine rings is 1. The third-order valence-corrected chi connectivity index (χ3v) is 8.26. The quantitative estimate of drug-likeness (QED) is 0.568. The smallest absolute Gasteiger partial charge is 0.493 e. The number of rotatable bonds is 8. The molecule has 2 aliphatic rings. The summed E-state index contributed by atoms with van der Waals surface area (Å²) in [6.45, 7) is 3.67. The maximum Gasteiger partial charge on any atom is 0.511 e. The minimum Gasteiger partial charge on any atom is -0.493 e. The third-order valence-electron chi connectivity index (χ3n) is 6.63. The average Bonchev–Trinajstić information content (AvgIpc) is 2.77. The summed E-state index contributed by atoms with van der Waals surface area (Å²) < 4.78 is 73.3. The summed E-state index contributed by atoms with van der Waals surface area (Å²) in [4.78, 5) is 2.44. The fourth-order valence-electron chi connectivity index (χ4n) is 4.90. The second-order valence-corrected chi connectivity index (χ2v) is 10.6. The summed E-state index contributed by atoms with van der Waals surface area (Å²) >= 11 is 0. The Balaban J connectivity index is 1.65. The van der Waals surface area contributed by atoms with E-state index >= 15 is 0 Å². The number of fused-ring (bicyclic) bond motifs is 1. The molecule has 0 radical (unpaired) electrons. The van der Waals surface area contributed by atoms with Gasteiger partial charge in [-0.05, 0) is 74.2 Å². The van der Waals surface area contributed by atoms with Gasteiger partial charge in [-0.1, -0.05) is 6.92 Å². The number of sulfonamides is 1. The fourth-order valence-corrected chi connectivity index (χ4v) is 5.88. The summed E-state index contributed by atoms with van der Waals surface area (Å²) in [6.07, 6.45) is 4.70. The van der Waals surface area contributed by atoms with Crippen molar-refractivity contribution in [2.75, 3.05) is 40.4 Å². The molecule has 0 N–H and O–H groups in total. The Bertz CT molecular complexity index is 884. The number of halogens is 3. The van der Waals surface area contributed by atoms with Crippen molar-refractivity contribution in [3.63, 3.8) is 0 Å². The van der Waals surface area contributed by atoms with Crippen LogP contribution in [0.5, 0.6) is 11.5 Å². The zero-order valence-electron chi connectivity index (χ0n) is 19.0. The average molecular weight is 479 g/mol. The molecule has 0 aromatic heterocycles. The lowest BCUT2D eigenvalue weighted by molar-refractivity contribution is -0.0498. The lowest BCUT2D eigenvalue weighted by atomic mass is 9.86. The van der Waals surface area contributed by atoms with Gasteiger partial charge in [-0.2, -0.15) is 17.5 Å². The van der Waals surface area contributed by atoms with E-state index in [0.717, 1.165) is 44.5 Å². The lowest BCUT2D eigenvalue weighted by Crippen LogP contribution is -2.48. The van der Waals surface area contributed by atoms with E-state index in [1.54, 1.807) is 14.2 Å². The molecule has 1 unspecified atom stereocenters. The van der Waals surface area contributed by atoms with E-state index < -0.39 is 15.5 Å². The van der Waals surface area contributed by atoms with Crippen molar-refractivity contribution in [1.29, 1.82) is 0 Å². The molecule has 1 aromatic rings. The van der Waals surface area contributed by atoms with Crippen molar-refractivity contribution >= 4 is 10.0 Å². The molecule has 1 heterocycles. The van der Waals surface area contributed by atoms with Crippen LogP contribution in [-0.2, 0) is 22.9 Å². The van der Waals surface area contributed by atoms with Gasteiger partial charge in [-0.15, -0.1) is 0 Å². The molecule has 1 atom stereocenters. The van der Waals surface area contributed by atoms with Crippen LogP contribution >= 0.6 is 0 Å². The number of nitrogens with zero attached hydrogens (tertiary/aromatic N) is 2. The van der Waals surface area contributed by atoms with Crippen LogP contribution in [0.1, 0.15) is 43.7 Å². The van der Waals surface area contributed by atoms with Gasteiger partial charge in [0.1, 0.15) is 0 Å². The van der Waals surface area contributed by atoms with Gasteiger partial charge in [0.2, 0.25) is 0 Å². The molecule has 1 aliphatic heterocycles. The van der Waals surface area contributed by atoms with Crippen molar-refractivity contribution in [3.05, 3.63) is 23.3 Å². The number of ether oxygens (including phenoxy) is 2. The van der Waals surface area contributed by atoms with Crippen molar-refractivity contribution in [1.82, 2.24) is 9.21 Å². The molecular weight excluding hydrogens is 445 g/mol. The Morgan fingerprint density at radius 2 is 1.66 bits per heavy atom. The molecule has 182 valence electrons. The van der Waals surface area contributed by atoms with Crippen LogP contribution in [-0.4, -0.2) is 69.6 Å². The van der Waals surface area contributed by atoms with E-state index in [2.05, 4.69) is 11.8 Å². The second-order valence-electron chi connectivity index (χ2n) is 8.66. The molecule has 32 heavy (non-hydrogen) atoms. The van der Waals surface area contributed by atoms with E-state index in [-0.39, 0.29) is 19.0 Å². The van der Waals surface area contributed by atoms with Crippen LogP contribution in [0.2, 0.25) is 0 Å². The number of methoxy groups -OCH3 is 2. The van der Waals surface area contributed by atoms with Crippen LogP contribution in [0.25, 0.3) is 0 Å². The molecule has 10 heteroatoms. The highest BCUT2D eigenvalue weighted by molar-refractivity contribution is 7.90. The fraction of sp³-hybridized carbons (Fsp3) is 0.727. The molecular formula is C22H33F3N2O4S. The highest BCUT2D eigenvalue weighted by Crippen LogP contribution is 2.36. The van der Waals surface area contributed by atoms with Gasteiger partial charge in [0, 0.05) is 25.7 Å². The molecule has 1 saturated heterocycles. The topological polar surface area (TPSA) is 59.1 Å². The van der Waals surface area contributed by atoms with E-state index in [0.29, 0.717) is 28.9 Å². The van der Waals surface area contributed by atoms with Crippen molar-refractivity contribution in [3.8, 4) is 11.5 Å². The van der Waals surface area contributed by atoms with Crippen LogP contribution < -0.4 is 9.47 Å². The Kier molecular flexibility index (Phi) is 7.98. The number of aryl methyl sites for hydroxylation is 1. The van der Waals surface area contributed by atoms with E-state index in [9.17, 15) is 21.6 Å². The Morgan fingerprint density at radius 1 is 1.06 bits per heavy atom. The van der Waals surface area contributed by atoms with Crippen molar-refractivity contribution in [2.45, 2.75) is 57.0 Å². The highest BCUT2D eigenvalue weighted by Gasteiger charge is 2.50. The monoisotopic (exact) mass is 478 g/mol. The first-order valence-corrected chi connectivity index (χ1v) is 12.6. The maximum absolute atomic E-state index is 12.8. The Hall–Kier alpha value is -1.52. The minimum absolute atomic E-state index is 0.0725. The standard InChI is InChI=1S/C22H33F3N2O4S/c1-4-9-26(15-16-7-10-27(11-8-16)32(28,29)22(23,24)25)19-6-5-17-13-20(30-2)21(31-3)14-18(17)12-19/h13-14,16,19H,4-12,15H2,1-3H3. The van der Waals surface area contributed by atoms with Crippen molar-refractivity contribution < 1.29 is 31.1 Å². The summed E-state index contributed by atoms with van der Waals surface area (Å²) in [7, 11) is -1.98. The van der Waals surface area contributed by atoms with Gasteiger partial charge in [-0.3, -0.25) is 4.90 Å². The lowest BCUT2D eigenvalue weighted by Gasteiger charge is -2.39. The predicted molar refractivity (Wildman–Crippen MR) is 116 cm³/mol. The largest absolute Gasteiger partial charge is 0.511 e. The molecule has 6 nitrogen and oxygen atoms in total. The van der Waals surface area contributed by atoms with Gasteiger partial charge in [0.05, 0.1) is 14.2 Å². The summed E-state index contributed by atoms with van der Waals surface area (Å²) in [5.74, 6) is 1.64. The summed E-state index contributed by atoms with van der Waals surface area (Å²) in [6, 6.07) is 4.44. The Morgan fingerprint density at radius 3 is 2.19 bits per heavy atom. The van der Waals surface area contributed by atoms with Gasteiger partial charge in [-0.25, -0.2) is 8.42 Å². The third kappa shape index (κ3) is 5.34. The first-order valence-electron chi connectivity index (χ1n) is 11.1. The van der Waals surface area contributed by atoms with E-state index in [1.807, 2.05) is 12.1 Å². The molecule has 1 aromatic carbocycles. The van der Waals surface area contributed by atoms with Gasteiger partial charge in [0.25, 0.3) is 0 Å². The zero-order chi connectivity index (χ0) is 23.5. The second kappa shape index (κ2) is 10.2. The van der Waals surface area contributed by atoms with Crippen LogP contribution in [0, 0.1) is 5.92 Å². The number of alkyl halides is 3. The van der Waals surface area contributed by atoms with Crippen LogP contribution in [0.4, 0.5) is 13.2 Å². The predicted octanol–water partition coefficient (Wildman–Crippen LogP) is 3.83. The van der Waals surface area contributed by atoms with E-state index in [4.69, 9.17) is 9.47 Å². The molecule has 1 aliphatic carbocycles. The van der Waals surface area contributed by atoms with Gasteiger partial charge < -0.3 is 9.47 Å². The SMILES string of the molecule is CCCN(CC1CCN(S(=O)(=O)C(F)(F)F)CC1)C1CCc2cc(OC)c(OC)cc2C1. The highest BCUT2D eigenvalue weighted by atomic mass is 32.2. The minimum atomic E-state index is -5.23. The van der Waals surface area contributed by atoms with E-state index in [1.165, 1.54) is 11.1 Å². The normalized spacial score (nSPS) is 20.9. The van der Waals surface area contributed by atoms with Crippen molar-refractivity contribution in [2.24, 2.45) is 5.92 Å². The molecule has 0 saturated carbocycles.